The van der Waals surface area contributed by atoms with Gasteiger partial charge in [-0.25, -0.2) is 0 Å². The molecule has 0 saturated heterocycles. The fraction of sp³-hybridized carbons (Fsp3) is 0.429. The van der Waals surface area contributed by atoms with Crippen molar-refractivity contribution in [2.45, 2.75) is 32.2 Å². The summed E-state index contributed by atoms with van der Waals surface area (Å²) >= 11 is 1.60. The molecule has 0 aromatic carbocycles. The topological polar surface area (TPSA) is 83.8 Å². The van der Waals surface area contributed by atoms with Gasteiger partial charge in [-0.3, -0.25) is 9.89 Å². The molecule has 5 nitrogen and oxygen atoms in total. The first-order valence-corrected chi connectivity index (χ1v) is 7.64. The zero-order chi connectivity index (χ0) is 14.6. The number of aromatic amines is 1. The summed E-state index contributed by atoms with van der Waals surface area (Å²) in [5.74, 6) is -0.182. The molecule has 2 heterocycles. The third-order valence-corrected chi connectivity index (χ3v) is 4.62. The highest BCUT2D eigenvalue weighted by Crippen LogP contribution is 2.23. The number of amides is 1. The lowest BCUT2D eigenvalue weighted by Crippen LogP contribution is -2.52. The Morgan fingerprint density at radius 3 is 2.80 bits per heavy atom. The van der Waals surface area contributed by atoms with Crippen LogP contribution in [-0.4, -0.2) is 28.2 Å². The molecule has 108 valence electrons. The maximum absolute atomic E-state index is 12.3. The Labute approximate surface area is 122 Å². The number of aromatic nitrogens is 2. The molecule has 1 amide bonds. The van der Waals surface area contributed by atoms with Gasteiger partial charge in [-0.1, -0.05) is 19.9 Å². The fourth-order valence-corrected chi connectivity index (χ4v) is 2.76. The van der Waals surface area contributed by atoms with E-state index in [2.05, 4.69) is 15.5 Å². The Morgan fingerprint density at radius 2 is 2.25 bits per heavy atom. The number of rotatable bonds is 6. The van der Waals surface area contributed by atoms with Gasteiger partial charge >= 0.3 is 0 Å². The van der Waals surface area contributed by atoms with E-state index < -0.39 is 0 Å². The molecule has 6 heteroatoms. The smallest absolute Gasteiger partial charge is 0.272 e. The summed E-state index contributed by atoms with van der Waals surface area (Å²) in [6, 6.07) is 5.73. The van der Waals surface area contributed by atoms with Gasteiger partial charge in [0.15, 0.2) is 5.69 Å². The van der Waals surface area contributed by atoms with Gasteiger partial charge in [-0.2, -0.15) is 5.10 Å². The summed E-state index contributed by atoms with van der Waals surface area (Å²) in [6.45, 7) is 4.48. The summed E-state index contributed by atoms with van der Waals surface area (Å²) in [6.07, 6.45) is 1.60. The predicted molar refractivity (Wildman–Crippen MR) is 81.7 cm³/mol. The molecule has 2 aromatic rings. The van der Waals surface area contributed by atoms with E-state index in [4.69, 9.17) is 5.73 Å². The minimum Gasteiger partial charge on any atom is -0.344 e. The summed E-state index contributed by atoms with van der Waals surface area (Å²) < 4.78 is 0. The Bertz CT molecular complexity index is 549. The molecule has 2 rings (SSSR count). The van der Waals surface area contributed by atoms with Crippen molar-refractivity contribution in [1.82, 2.24) is 15.5 Å². The van der Waals surface area contributed by atoms with Gasteiger partial charge in [0.25, 0.3) is 5.91 Å². The normalized spacial score (nSPS) is 11.6. The summed E-state index contributed by atoms with van der Waals surface area (Å²) in [5, 5.41) is 12.0. The lowest BCUT2D eigenvalue weighted by molar-refractivity contribution is 0.0890. The van der Waals surface area contributed by atoms with E-state index in [-0.39, 0.29) is 11.4 Å². The standard InChI is InChI=1S/C14H20N4OS/c1-3-14(4-2,9-15)16-13(19)11-8-10(17-18-11)12-6-5-7-20-12/h5-8H,3-4,9,15H2,1-2H3,(H,16,19)(H,17,18). The molecular weight excluding hydrogens is 272 g/mol. The molecule has 20 heavy (non-hydrogen) atoms. The molecule has 2 aromatic heterocycles. The number of carbonyl (C=O) groups is 1. The van der Waals surface area contributed by atoms with Crippen LogP contribution in [0.5, 0.6) is 0 Å². The lowest BCUT2D eigenvalue weighted by Gasteiger charge is -2.31. The van der Waals surface area contributed by atoms with Crippen molar-refractivity contribution in [3.63, 3.8) is 0 Å². The fourth-order valence-electron chi connectivity index (χ4n) is 2.07. The number of hydrogen-bond acceptors (Lipinski definition) is 4. The van der Waals surface area contributed by atoms with Crippen LogP contribution in [0.4, 0.5) is 0 Å². The minimum atomic E-state index is -0.348. The van der Waals surface area contributed by atoms with E-state index in [1.165, 1.54) is 0 Å². The third kappa shape index (κ3) is 2.91. The van der Waals surface area contributed by atoms with Crippen molar-refractivity contribution in [3.8, 4) is 10.6 Å². The molecule has 4 N–H and O–H groups in total. The third-order valence-electron chi connectivity index (χ3n) is 3.72. The Kier molecular flexibility index (Phi) is 4.57. The predicted octanol–water partition coefficient (Wildman–Crippen LogP) is 2.39. The number of nitrogens with zero attached hydrogens (tertiary/aromatic N) is 1. The molecule has 0 bridgehead atoms. The average Bonchev–Trinajstić information content (AvgIpc) is 3.14. The number of carbonyl (C=O) groups excluding carboxylic acids is 1. The molecule has 0 aliphatic heterocycles. The van der Waals surface area contributed by atoms with Crippen molar-refractivity contribution in [1.29, 1.82) is 0 Å². The number of nitrogens with one attached hydrogen (secondary N) is 2. The zero-order valence-electron chi connectivity index (χ0n) is 11.8. The zero-order valence-corrected chi connectivity index (χ0v) is 12.6. The van der Waals surface area contributed by atoms with Crippen LogP contribution in [0.25, 0.3) is 10.6 Å². The second-order valence-corrected chi connectivity index (χ2v) is 5.74. The number of H-pyrrole nitrogens is 1. The molecule has 0 unspecified atom stereocenters. The highest BCUT2D eigenvalue weighted by atomic mass is 32.1. The van der Waals surface area contributed by atoms with Crippen LogP contribution in [0.3, 0.4) is 0 Å². The second kappa shape index (κ2) is 6.19. The van der Waals surface area contributed by atoms with Gasteiger partial charge in [-0.15, -0.1) is 11.3 Å². The van der Waals surface area contributed by atoms with Crippen LogP contribution in [0, 0.1) is 0 Å². The van der Waals surface area contributed by atoms with E-state index in [1.807, 2.05) is 31.4 Å². The lowest BCUT2D eigenvalue weighted by atomic mass is 9.93. The Morgan fingerprint density at radius 1 is 1.50 bits per heavy atom. The van der Waals surface area contributed by atoms with Crippen LogP contribution in [0.15, 0.2) is 23.6 Å². The molecule has 0 saturated carbocycles. The van der Waals surface area contributed by atoms with Crippen molar-refractivity contribution in [3.05, 3.63) is 29.3 Å². The first kappa shape index (κ1) is 14.7. The van der Waals surface area contributed by atoms with Gasteiger partial charge in [0, 0.05) is 6.54 Å². The van der Waals surface area contributed by atoms with Gasteiger partial charge in [0.1, 0.15) is 0 Å². The number of nitrogens with two attached hydrogens (primary N) is 1. The Balaban J connectivity index is 2.14. The van der Waals surface area contributed by atoms with Crippen molar-refractivity contribution >= 4 is 17.2 Å². The maximum atomic E-state index is 12.3. The summed E-state index contributed by atoms with van der Waals surface area (Å²) in [5.41, 5.74) is 6.70. The van der Waals surface area contributed by atoms with Crippen LogP contribution >= 0.6 is 11.3 Å². The van der Waals surface area contributed by atoms with E-state index in [1.54, 1.807) is 17.4 Å². The van der Waals surface area contributed by atoms with Crippen molar-refractivity contribution in [2.24, 2.45) is 5.73 Å². The highest BCUT2D eigenvalue weighted by Gasteiger charge is 2.27. The first-order valence-electron chi connectivity index (χ1n) is 6.76. The van der Waals surface area contributed by atoms with Gasteiger partial charge in [0.2, 0.25) is 0 Å². The molecule has 0 radical (unpaired) electrons. The van der Waals surface area contributed by atoms with Gasteiger partial charge in [-0.05, 0) is 30.4 Å². The molecule has 0 aliphatic carbocycles. The highest BCUT2D eigenvalue weighted by molar-refractivity contribution is 7.13. The Hall–Kier alpha value is -1.66. The molecule has 0 atom stereocenters. The SMILES string of the molecule is CCC(CC)(CN)NC(=O)c1cc(-c2cccs2)[nH]n1. The van der Waals surface area contributed by atoms with E-state index in [0.717, 1.165) is 23.4 Å². The van der Waals surface area contributed by atoms with E-state index in [0.29, 0.717) is 12.2 Å². The van der Waals surface area contributed by atoms with E-state index >= 15 is 0 Å². The number of thiophene rings is 1. The second-order valence-electron chi connectivity index (χ2n) is 4.79. The number of hydrogen-bond donors (Lipinski definition) is 3. The molecule has 0 spiro atoms. The minimum absolute atomic E-state index is 0.182. The van der Waals surface area contributed by atoms with Gasteiger partial charge < -0.3 is 11.1 Å². The van der Waals surface area contributed by atoms with Crippen molar-refractivity contribution in [2.75, 3.05) is 6.54 Å². The monoisotopic (exact) mass is 292 g/mol. The van der Waals surface area contributed by atoms with Crippen LogP contribution in [-0.2, 0) is 0 Å². The maximum Gasteiger partial charge on any atom is 0.272 e. The quantitative estimate of drug-likeness (QED) is 0.764. The molecular formula is C14H20N4OS. The van der Waals surface area contributed by atoms with Crippen molar-refractivity contribution < 1.29 is 4.79 Å². The van der Waals surface area contributed by atoms with Crippen LogP contribution < -0.4 is 11.1 Å². The van der Waals surface area contributed by atoms with Crippen LogP contribution in [0.1, 0.15) is 37.2 Å². The summed E-state index contributed by atoms with van der Waals surface area (Å²) in [7, 11) is 0. The molecule has 0 aliphatic rings. The van der Waals surface area contributed by atoms with Crippen LogP contribution in [0.2, 0.25) is 0 Å². The van der Waals surface area contributed by atoms with Gasteiger partial charge in [0.05, 0.1) is 16.1 Å². The first-order chi connectivity index (χ1) is 9.64. The summed E-state index contributed by atoms with van der Waals surface area (Å²) in [4.78, 5) is 13.3. The van der Waals surface area contributed by atoms with E-state index in [9.17, 15) is 4.79 Å². The largest absolute Gasteiger partial charge is 0.344 e. The molecule has 0 fully saturated rings. The average molecular weight is 292 g/mol.